The van der Waals surface area contributed by atoms with Crippen molar-refractivity contribution in [1.29, 1.82) is 0 Å². The Hall–Kier alpha value is -0.410. The molecule has 2 N–H and O–H groups in total. The van der Waals surface area contributed by atoms with Crippen LogP contribution in [0.4, 0.5) is 0 Å². The van der Waals surface area contributed by atoms with Gasteiger partial charge in [0.1, 0.15) is 6.29 Å². The van der Waals surface area contributed by atoms with Crippen molar-refractivity contribution in [3.63, 3.8) is 0 Å². The Morgan fingerprint density at radius 1 is 1.33 bits per heavy atom. The van der Waals surface area contributed by atoms with E-state index in [9.17, 15) is 4.79 Å². The highest BCUT2D eigenvalue weighted by atomic mass is 16.3. The number of carbonyl (C=O) groups excluding carboxylic acids is 1. The molecule has 0 aliphatic rings. The van der Waals surface area contributed by atoms with Crippen LogP contribution in [0.3, 0.4) is 0 Å². The number of aldehydes is 1. The van der Waals surface area contributed by atoms with Crippen LogP contribution in [0.25, 0.3) is 0 Å². The molecule has 0 unspecified atom stereocenters. The third-order valence-corrected chi connectivity index (χ3v) is 2.25. The summed E-state index contributed by atoms with van der Waals surface area (Å²) in [4.78, 5) is 10.3. The van der Waals surface area contributed by atoms with Gasteiger partial charge < -0.3 is 15.0 Å². The first kappa shape index (κ1) is 11.6. The van der Waals surface area contributed by atoms with Gasteiger partial charge in [-0.05, 0) is 6.42 Å². The third kappa shape index (κ3) is 3.32. The zero-order chi connectivity index (χ0) is 9.45. The summed E-state index contributed by atoms with van der Waals surface area (Å²) < 4.78 is 0. The van der Waals surface area contributed by atoms with E-state index in [2.05, 4.69) is 0 Å². The van der Waals surface area contributed by atoms with Crippen molar-refractivity contribution in [3.8, 4) is 0 Å². The minimum Gasteiger partial charge on any atom is -0.396 e. The average Bonchev–Trinajstić information content (AvgIpc) is 2.13. The number of hydrogen-bond acceptors (Lipinski definition) is 3. The molecule has 3 nitrogen and oxygen atoms in total. The highest BCUT2D eigenvalue weighted by Gasteiger charge is 2.27. The predicted octanol–water partition coefficient (Wildman–Crippen LogP) is 0.737. The van der Waals surface area contributed by atoms with Crippen molar-refractivity contribution in [2.24, 2.45) is 5.41 Å². The maximum absolute atomic E-state index is 10.3. The van der Waals surface area contributed by atoms with E-state index in [0.717, 1.165) is 25.5 Å². The van der Waals surface area contributed by atoms with Gasteiger partial charge in [0.2, 0.25) is 0 Å². The third-order valence-electron chi connectivity index (χ3n) is 2.25. The highest BCUT2D eigenvalue weighted by Crippen LogP contribution is 2.26. The minimum atomic E-state index is -0.572. The molecule has 0 saturated carbocycles. The van der Waals surface area contributed by atoms with Gasteiger partial charge in [0.15, 0.2) is 0 Å². The molecule has 0 aliphatic heterocycles. The Morgan fingerprint density at radius 2 is 1.92 bits per heavy atom. The highest BCUT2D eigenvalue weighted by molar-refractivity contribution is 5.50. The molecule has 0 amide bonds. The van der Waals surface area contributed by atoms with Gasteiger partial charge >= 0.3 is 0 Å². The van der Waals surface area contributed by atoms with Gasteiger partial charge in [-0.15, -0.1) is 0 Å². The standard InChI is InChI=1S/C9H18O3/c1-2-3-4-9(7-11,8-12)5-6-10/h6,11-12H,2-5,7-8H2,1H3. The van der Waals surface area contributed by atoms with Crippen LogP contribution in [0, 0.1) is 5.41 Å². The summed E-state index contributed by atoms with van der Waals surface area (Å²) in [5, 5.41) is 18.0. The second-order valence-electron chi connectivity index (χ2n) is 3.29. The molecule has 12 heavy (non-hydrogen) atoms. The smallest absolute Gasteiger partial charge is 0.120 e. The molecule has 0 aromatic heterocycles. The maximum atomic E-state index is 10.3. The number of rotatable bonds is 7. The van der Waals surface area contributed by atoms with Crippen molar-refractivity contribution >= 4 is 6.29 Å². The van der Waals surface area contributed by atoms with E-state index in [0.29, 0.717) is 0 Å². The Balaban J connectivity index is 4.03. The molecular weight excluding hydrogens is 156 g/mol. The van der Waals surface area contributed by atoms with Gasteiger partial charge in [0.25, 0.3) is 0 Å². The SMILES string of the molecule is CCCCC(CO)(CO)CC=O. The van der Waals surface area contributed by atoms with E-state index in [1.807, 2.05) is 6.92 Å². The van der Waals surface area contributed by atoms with Crippen LogP contribution in [0.1, 0.15) is 32.6 Å². The van der Waals surface area contributed by atoms with Crippen LogP contribution < -0.4 is 0 Å². The maximum Gasteiger partial charge on any atom is 0.120 e. The van der Waals surface area contributed by atoms with Crippen molar-refractivity contribution in [1.82, 2.24) is 0 Å². The molecule has 0 rings (SSSR count). The number of aliphatic hydroxyl groups is 2. The number of unbranched alkanes of at least 4 members (excludes halogenated alkanes) is 1. The van der Waals surface area contributed by atoms with E-state index >= 15 is 0 Å². The Bertz CT molecular complexity index is 119. The number of aliphatic hydroxyl groups excluding tert-OH is 2. The molecule has 0 saturated heterocycles. The van der Waals surface area contributed by atoms with Crippen LogP contribution >= 0.6 is 0 Å². The summed E-state index contributed by atoms with van der Waals surface area (Å²) in [7, 11) is 0. The first-order valence-electron chi connectivity index (χ1n) is 4.40. The molecule has 0 spiro atoms. The summed E-state index contributed by atoms with van der Waals surface area (Å²) in [6.07, 6.45) is 3.69. The Kier molecular flexibility index (Phi) is 5.93. The average molecular weight is 174 g/mol. The number of carbonyl (C=O) groups is 1. The van der Waals surface area contributed by atoms with E-state index in [-0.39, 0.29) is 19.6 Å². The molecule has 3 heteroatoms. The van der Waals surface area contributed by atoms with Crippen molar-refractivity contribution in [2.75, 3.05) is 13.2 Å². The van der Waals surface area contributed by atoms with Crippen LogP contribution in [0.2, 0.25) is 0 Å². The molecule has 0 aromatic rings. The second kappa shape index (κ2) is 6.14. The zero-order valence-corrected chi connectivity index (χ0v) is 7.62. The summed E-state index contributed by atoms with van der Waals surface area (Å²) >= 11 is 0. The Labute approximate surface area is 73.4 Å². The number of hydrogen-bond donors (Lipinski definition) is 2. The fourth-order valence-electron chi connectivity index (χ4n) is 1.17. The molecule has 0 aromatic carbocycles. The summed E-state index contributed by atoms with van der Waals surface area (Å²) in [5.41, 5.74) is -0.572. The summed E-state index contributed by atoms with van der Waals surface area (Å²) in [5.74, 6) is 0. The van der Waals surface area contributed by atoms with Crippen molar-refractivity contribution in [3.05, 3.63) is 0 Å². The van der Waals surface area contributed by atoms with Crippen LogP contribution in [0.5, 0.6) is 0 Å². The minimum absolute atomic E-state index is 0.109. The van der Waals surface area contributed by atoms with Crippen molar-refractivity contribution in [2.45, 2.75) is 32.6 Å². The molecule has 0 aliphatic carbocycles. The zero-order valence-electron chi connectivity index (χ0n) is 7.62. The van der Waals surface area contributed by atoms with E-state index < -0.39 is 5.41 Å². The largest absolute Gasteiger partial charge is 0.396 e. The molecule has 0 radical (unpaired) electrons. The van der Waals surface area contributed by atoms with Gasteiger partial charge in [-0.1, -0.05) is 19.8 Å². The second-order valence-corrected chi connectivity index (χ2v) is 3.29. The van der Waals surface area contributed by atoms with E-state index in [1.54, 1.807) is 0 Å². The fourth-order valence-corrected chi connectivity index (χ4v) is 1.17. The van der Waals surface area contributed by atoms with Crippen LogP contribution in [-0.4, -0.2) is 29.7 Å². The fraction of sp³-hybridized carbons (Fsp3) is 0.889. The van der Waals surface area contributed by atoms with Gasteiger partial charge in [0.05, 0.1) is 13.2 Å². The lowest BCUT2D eigenvalue weighted by Gasteiger charge is -2.27. The first-order valence-corrected chi connectivity index (χ1v) is 4.40. The van der Waals surface area contributed by atoms with Crippen LogP contribution in [0.15, 0.2) is 0 Å². The van der Waals surface area contributed by atoms with Gasteiger partial charge in [-0.2, -0.15) is 0 Å². The lowest BCUT2D eigenvalue weighted by molar-refractivity contribution is -0.111. The molecule has 0 fully saturated rings. The molecule has 0 atom stereocenters. The van der Waals surface area contributed by atoms with Gasteiger partial charge in [0, 0.05) is 11.8 Å². The molecule has 0 heterocycles. The monoisotopic (exact) mass is 174 g/mol. The molecule has 0 bridgehead atoms. The van der Waals surface area contributed by atoms with E-state index in [4.69, 9.17) is 10.2 Å². The molecular formula is C9H18O3. The summed E-state index contributed by atoms with van der Waals surface area (Å²) in [6, 6.07) is 0. The van der Waals surface area contributed by atoms with Gasteiger partial charge in [-0.3, -0.25) is 0 Å². The van der Waals surface area contributed by atoms with E-state index in [1.165, 1.54) is 0 Å². The first-order chi connectivity index (χ1) is 5.74. The topological polar surface area (TPSA) is 57.5 Å². The normalized spacial score (nSPS) is 11.6. The quantitative estimate of drug-likeness (QED) is 0.560. The lowest BCUT2D eigenvalue weighted by Crippen LogP contribution is -2.30. The summed E-state index contributed by atoms with van der Waals surface area (Å²) in [6.45, 7) is 1.82. The Morgan fingerprint density at radius 3 is 2.25 bits per heavy atom. The molecule has 72 valence electrons. The van der Waals surface area contributed by atoms with Crippen LogP contribution in [-0.2, 0) is 4.79 Å². The van der Waals surface area contributed by atoms with Gasteiger partial charge in [-0.25, -0.2) is 0 Å². The predicted molar refractivity (Wildman–Crippen MR) is 46.8 cm³/mol. The van der Waals surface area contributed by atoms with Crippen molar-refractivity contribution < 1.29 is 15.0 Å². The lowest BCUT2D eigenvalue weighted by atomic mass is 9.82.